The fourth-order valence-corrected chi connectivity index (χ4v) is 8.10. The maximum absolute atomic E-state index is 2.51. The summed E-state index contributed by atoms with van der Waals surface area (Å²) in [7, 11) is -1.53. The molecule has 1 atom stereocenters. The monoisotopic (exact) mass is 317 g/mol. The van der Waals surface area contributed by atoms with Crippen LogP contribution in [-0.4, -0.2) is 8.07 Å². The van der Waals surface area contributed by atoms with Gasteiger partial charge in [0.05, 0.1) is 0 Å². The first-order chi connectivity index (χ1) is 10.9. The van der Waals surface area contributed by atoms with Crippen LogP contribution in [0.25, 0.3) is 16.3 Å². The molecule has 0 spiro atoms. The molecule has 1 radical (unpaired) electrons. The average molecular weight is 318 g/mol. The molecule has 0 nitrogen and oxygen atoms in total. The Bertz CT molecular complexity index is 822. The fourth-order valence-electron chi connectivity index (χ4n) is 4.49. The molecule has 2 bridgehead atoms. The van der Waals surface area contributed by atoms with E-state index in [1.165, 1.54) is 34.2 Å². The lowest BCUT2D eigenvalue weighted by atomic mass is 9.93. The number of hydrogen-bond donors (Lipinski definition) is 0. The highest BCUT2D eigenvalue weighted by atomic mass is 28.3. The van der Waals surface area contributed by atoms with E-state index in [4.69, 9.17) is 0 Å². The smallest absolute Gasteiger partial charge is 0.0648 e. The molecular formula is C22H25Si. The molecule has 2 aromatic rings. The topological polar surface area (TPSA) is 0 Å². The van der Waals surface area contributed by atoms with Crippen LogP contribution in [-0.2, 0) is 0 Å². The Morgan fingerprint density at radius 3 is 2.30 bits per heavy atom. The van der Waals surface area contributed by atoms with Crippen LogP contribution >= 0.6 is 0 Å². The van der Waals surface area contributed by atoms with Crippen molar-refractivity contribution in [2.45, 2.75) is 46.2 Å². The second-order valence-electron chi connectivity index (χ2n) is 7.71. The van der Waals surface area contributed by atoms with Gasteiger partial charge in [0, 0.05) is 6.42 Å². The summed E-state index contributed by atoms with van der Waals surface area (Å²) in [4.78, 5) is 0. The first kappa shape index (κ1) is 15.0. The summed E-state index contributed by atoms with van der Waals surface area (Å²) in [5.41, 5.74) is 8.87. The molecule has 1 unspecified atom stereocenters. The first-order valence-corrected chi connectivity index (χ1v) is 11.8. The molecule has 0 fully saturated rings. The highest BCUT2D eigenvalue weighted by Gasteiger charge is 2.44. The van der Waals surface area contributed by atoms with Crippen LogP contribution in [0.4, 0.5) is 0 Å². The van der Waals surface area contributed by atoms with Gasteiger partial charge >= 0.3 is 0 Å². The Hall–Kier alpha value is -1.60. The van der Waals surface area contributed by atoms with Crippen LogP contribution in [0.3, 0.4) is 0 Å². The van der Waals surface area contributed by atoms with Gasteiger partial charge in [0.15, 0.2) is 0 Å². The molecule has 1 aliphatic heterocycles. The van der Waals surface area contributed by atoms with Gasteiger partial charge in [-0.1, -0.05) is 68.9 Å². The summed E-state index contributed by atoms with van der Waals surface area (Å²) >= 11 is 0. The van der Waals surface area contributed by atoms with Gasteiger partial charge < -0.3 is 0 Å². The molecule has 0 N–H and O–H groups in total. The summed E-state index contributed by atoms with van der Waals surface area (Å²) in [6.45, 7) is 11.9. The van der Waals surface area contributed by atoms with Gasteiger partial charge in [-0.2, -0.15) is 0 Å². The van der Waals surface area contributed by atoms with E-state index in [-0.39, 0.29) is 0 Å². The minimum Gasteiger partial charge on any atom is -0.0648 e. The summed E-state index contributed by atoms with van der Waals surface area (Å²) in [5.74, 6) is 0.645. The third kappa shape index (κ3) is 1.96. The third-order valence-electron chi connectivity index (χ3n) is 5.93. The third-order valence-corrected chi connectivity index (χ3v) is 9.59. The molecule has 0 saturated carbocycles. The molecule has 2 aliphatic rings. The maximum atomic E-state index is 2.51. The molecule has 1 aliphatic carbocycles. The largest absolute Gasteiger partial charge is 0.113 e. The van der Waals surface area contributed by atoms with Crippen LogP contribution in [0.1, 0.15) is 49.8 Å². The second-order valence-corrected chi connectivity index (χ2v) is 12.0. The van der Waals surface area contributed by atoms with Crippen molar-refractivity contribution >= 4 is 18.5 Å². The number of rotatable bonds is 3. The van der Waals surface area contributed by atoms with Gasteiger partial charge in [0.1, 0.15) is 8.07 Å². The summed E-state index contributed by atoms with van der Waals surface area (Å²) in [6, 6.07) is 14.1. The zero-order valence-electron chi connectivity index (χ0n) is 14.8. The molecule has 0 amide bonds. The van der Waals surface area contributed by atoms with E-state index in [1.54, 1.807) is 15.9 Å². The van der Waals surface area contributed by atoms with Crippen molar-refractivity contribution in [2.24, 2.45) is 0 Å². The quantitative estimate of drug-likeness (QED) is 0.639. The van der Waals surface area contributed by atoms with Crippen molar-refractivity contribution in [3.05, 3.63) is 65.1 Å². The van der Waals surface area contributed by atoms with Crippen LogP contribution in [0.15, 0.2) is 42.0 Å². The van der Waals surface area contributed by atoms with Crippen molar-refractivity contribution in [2.75, 3.05) is 0 Å². The minimum absolute atomic E-state index is 0.645. The Labute approximate surface area is 141 Å². The van der Waals surface area contributed by atoms with Gasteiger partial charge in [-0.15, -0.1) is 0 Å². The van der Waals surface area contributed by atoms with Crippen molar-refractivity contribution in [3.8, 4) is 11.1 Å². The molecule has 1 heteroatoms. The number of fused-ring (bicyclic) bond motifs is 1. The van der Waals surface area contributed by atoms with Crippen LogP contribution in [0.2, 0.25) is 13.1 Å². The van der Waals surface area contributed by atoms with Gasteiger partial charge in [-0.3, -0.25) is 0 Å². The maximum Gasteiger partial charge on any atom is 0.113 e. The van der Waals surface area contributed by atoms with Crippen molar-refractivity contribution < 1.29 is 0 Å². The van der Waals surface area contributed by atoms with Crippen molar-refractivity contribution in [3.63, 3.8) is 0 Å². The van der Waals surface area contributed by atoms with Crippen LogP contribution < -0.4 is 5.19 Å². The normalized spacial score (nSPS) is 18.7. The van der Waals surface area contributed by atoms with E-state index in [0.29, 0.717) is 5.92 Å². The van der Waals surface area contributed by atoms with E-state index in [0.717, 1.165) is 0 Å². The van der Waals surface area contributed by atoms with Crippen molar-refractivity contribution in [1.82, 2.24) is 0 Å². The highest BCUT2D eigenvalue weighted by molar-refractivity contribution is 7.07. The van der Waals surface area contributed by atoms with E-state index in [2.05, 4.69) is 76.7 Å². The average Bonchev–Trinajstić information content (AvgIpc) is 2.97. The molecular weight excluding hydrogens is 292 g/mol. The summed E-state index contributed by atoms with van der Waals surface area (Å²) < 4.78 is 0. The highest BCUT2D eigenvalue weighted by Crippen LogP contribution is 2.49. The van der Waals surface area contributed by atoms with E-state index >= 15 is 0 Å². The van der Waals surface area contributed by atoms with Crippen LogP contribution in [0.5, 0.6) is 0 Å². The van der Waals surface area contributed by atoms with E-state index in [1.807, 2.05) is 0 Å². The van der Waals surface area contributed by atoms with E-state index < -0.39 is 8.07 Å². The van der Waals surface area contributed by atoms with Crippen molar-refractivity contribution in [1.29, 1.82) is 0 Å². The molecule has 0 aromatic heterocycles. The van der Waals surface area contributed by atoms with Crippen LogP contribution in [0, 0.1) is 6.42 Å². The fraction of sp³-hybridized carbons (Fsp3) is 0.318. The minimum atomic E-state index is -1.53. The van der Waals surface area contributed by atoms with Gasteiger partial charge in [-0.25, -0.2) is 0 Å². The van der Waals surface area contributed by atoms with Gasteiger partial charge in [0.25, 0.3) is 0 Å². The zero-order chi connectivity index (χ0) is 16.4. The Balaban J connectivity index is 1.90. The predicted octanol–water partition coefficient (Wildman–Crippen LogP) is 5.67. The standard InChI is InChI=1S/C22H25Si/c1-6-14(2)16-7-9-17(10-8-16)20-19-12-11-18-13-15(3)22(21(18)20)23(19,4)5/h7-14H,6H2,1-5H3. The van der Waals surface area contributed by atoms with E-state index in [9.17, 15) is 0 Å². The Morgan fingerprint density at radius 1 is 0.957 bits per heavy atom. The van der Waals surface area contributed by atoms with Gasteiger partial charge in [0.2, 0.25) is 0 Å². The molecule has 1 heterocycles. The summed E-state index contributed by atoms with van der Waals surface area (Å²) in [6.07, 6.45) is 3.59. The predicted molar refractivity (Wildman–Crippen MR) is 104 cm³/mol. The lowest BCUT2D eigenvalue weighted by molar-refractivity contribution is 0.734. The molecule has 23 heavy (non-hydrogen) atoms. The number of allylic oxidation sites excluding steroid dienone is 1. The first-order valence-electron chi connectivity index (χ1n) is 8.79. The Kier molecular flexibility index (Phi) is 3.22. The number of hydrogen-bond acceptors (Lipinski definition) is 0. The number of benzene rings is 2. The lowest BCUT2D eigenvalue weighted by Gasteiger charge is -2.20. The SMILES string of the molecule is CCC(C)c1ccc(-c2c3ccc4c2C(=C(C)[CH]4)[Si]3(C)C)cc1. The Morgan fingerprint density at radius 2 is 1.65 bits per heavy atom. The summed E-state index contributed by atoms with van der Waals surface area (Å²) in [5, 5.41) is 3.29. The van der Waals surface area contributed by atoms with Gasteiger partial charge in [-0.05, 0) is 57.5 Å². The molecule has 0 saturated heterocycles. The molecule has 4 rings (SSSR count). The lowest BCUT2D eigenvalue weighted by Crippen LogP contribution is -2.39. The zero-order valence-corrected chi connectivity index (χ0v) is 15.8. The second kappa shape index (κ2) is 4.94. The molecule has 117 valence electrons. The molecule has 2 aromatic carbocycles.